The number of rotatable bonds is 3. The average Bonchev–Trinajstić information content (AvgIpc) is 2.67. The Morgan fingerprint density at radius 3 is 1.84 bits per heavy atom. The van der Waals surface area contributed by atoms with E-state index in [-0.39, 0.29) is 0 Å². The van der Waals surface area contributed by atoms with Crippen LogP contribution in [0.2, 0.25) is 0 Å². The lowest BCUT2D eigenvalue weighted by Gasteiger charge is -2.46. The van der Waals surface area contributed by atoms with Crippen molar-refractivity contribution >= 4 is 0 Å². The van der Waals surface area contributed by atoms with E-state index >= 15 is 0 Å². The van der Waals surface area contributed by atoms with E-state index in [2.05, 4.69) is 11.9 Å². The number of nitrogens with zero attached hydrogens (tertiary/aromatic N) is 1. The van der Waals surface area contributed by atoms with Gasteiger partial charge < -0.3 is 5.73 Å². The van der Waals surface area contributed by atoms with E-state index in [4.69, 9.17) is 5.73 Å². The van der Waals surface area contributed by atoms with Crippen molar-refractivity contribution in [2.45, 2.75) is 95.1 Å². The van der Waals surface area contributed by atoms with Crippen LogP contribution in [0, 0.1) is 0 Å². The molecule has 0 spiro atoms. The summed E-state index contributed by atoms with van der Waals surface area (Å²) in [7, 11) is 2.38. The summed E-state index contributed by atoms with van der Waals surface area (Å²) >= 11 is 0. The summed E-state index contributed by atoms with van der Waals surface area (Å²) in [5.74, 6) is 0. The lowest BCUT2D eigenvalue weighted by atomic mass is 9.81. The lowest BCUT2D eigenvalue weighted by molar-refractivity contribution is 0.0456. The maximum Gasteiger partial charge on any atom is 0.0331 e. The van der Waals surface area contributed by atoms with Crippen molar-refractivity contribution in [2.24, 2.45) is 5.73 Å². The minimum absolute atomic E-state index is 0.315. The Kier molecular flexibility index (Phi) is 6.15. The van der Waals surface area contributed by atoms with Gasteiger partial charge in [-0.05, 0) is 32.7 Å². The molecule has 0 unspecified atom stereocenters. The highest BCUT2D eigenvalue weighted by Crippen LogP contribution is 2.34. The van der Waals surface area contributed by atoms with E-state index in [1.54, 1.807) is 0 Å². The van der Waals surface area contributed by atoms with Crippen molar-refractivity contribution in [1.29, 1.82) is 0 Å². The van der Waals surface area contributed by atoms with Crippen molar-refractivity contribution in [2.75, 3.05) is 13.6 Å². The van der Waals surface area contributed by atoms with Crippen molar-refractivity contribution in [3.63, 3.8) is 0 Å². The van der Waals surface area contributed by atoms with Gasteiger partial charge in [-0.1, -0.05) is 57.8 Å². The van der Waals surface area contributed by atoms with Crippen molar-refractivity contribution < 1.29 is 0 Å². The molecule has 2 fully saturated rings. The summed E-state index contributed by atoms with van der Waals surface area (Å²) in [6.07, 6.45) is 18.2. The second-order valence-electron chi connectivity index (χ2n) is 6.95. The molecule has 112 valence electrons. The molecule has 2 rings (SSSR count). The SMILES string of the molecule is CN(C1CCCCCC1)C1(CN)CCCCCCC1. The van der Waals surface area contributed by atoms with Gasteiger partial charge in [-0.2, -0.15) is 0 Å². The van der Waals surface area contributed by atoms with Gasteiger partial charge in [0.1, 0.15) is 0 Å². The molecule has 0 amide bonds. The minimum Gasteiger partial charge on any atom is -0.329 e. The quantitative estimate of drug-likeness (QED) is 0.780. The molecule has 0 aliphatic heterocycles. The summed E-state index contributed by atoms with van der Waals surface area (Å²) in [6, 6.07) is 0.797. The van der Waals surface area contributed by atoms with E-state index in [9.17, 15) is 0 Å². The van der Waals surface area contributed by atoms with Crippen molar-refractivity contribution in [3.05, 3.63) is 0 Å². The summed E-state index contributed by atoms with van der Waals surface area (Å²) in [6.45, 7) is 0.861. The van der Waals surface area contributed by atoms with Crippen LogP contribution in [0.1, 0.15) is 83.5 Å². The van der Waals surface area contributed by atoms with E-state index in [1.165, 1.54) is 83.5 Å². The van der Waals surface area contributed by atoms with Crippen LogP contribution in [0.25, 0.3) is 0 Å². The maximum absolute atomic E-state index is 6.26. The van der Waals surface area contributed by atoms with Crippen molar-refractivity contribution in [1.82, 2.24) is 4.90 Å². The zero-order chi connectivity index (χ0) is 13.6. The molecule has 2 nitrogen and oxygen atoms in total. The summed E-state index contributed by atoms with van der Waals surface area (Å²) in [5, 5.41) is 0. The van der Waals surface area contributed by atoms with Gasteiger partial charge >= 0.3 is 0 Å². The number of likely N-dealkylation sites (N-methyl/N-ethyl adjacent to an activating group) is 1. The third kappa shape index (κ3) is 3.95. The smallest absolute Gasteiger partial charge is 0.0331 e. The average molecular weight is 266 g/mol. The molecular weight excluding hydrogens is 232 g/mol. The molecule has 0 saturated heterocycles. The van der Waals surface area contributed by atoms with Crippen LogP contribution < -0.4 is 5.73 Å². The van der Waals surface area contributed by atoms with E-state index in [1.807, 2.05) is 0 Å². The Balaban J connectivity index is 2.03. The van der Waals surface area contributed by atoms with Gasteiger partial charge in [0.05, 0.1) is 0 Å². The highest BCUT2D eigenvalue weighted by molar-refractivity contribution is 4.94. The molecule has 19 heavy (non-hydrogen) atoms. The predicted molar refractivity (Wildman–Crippen MR) is 83.4 cm³/mol. The zero-order valence-electron chi connectivity index (χ0n) is 13.0. The van der Waals surface area contributed by atoms with E-state index < -0.39 is 0 Å². The summed E-state index contributed by atoms with van der Waals surface area (Å²) < 4.78 is 0. The van der Waals surface area contributed by atoms with Crippen LogP contribution in [-0.2, 0) is 0 Å². The van der Waals surface area contributed by atoms with Gasteiger partial charge in [0.2, 0.25) is 0 Å². The van der Waals surface area contributed by atoms with Crippen LogP contribution in [0.3, 0.4) is 0 Å². The van der Waals surface area contributed by atoms with Crippen LogP contribution in [-0.4, -0.2) is 30.1 Å². The van der Waals surface area contributed by atoms with Gasteiger partial charge in [0.25, 0.3) is 0 Å². The Morgan fingerprint density at radius 2 is 1.32 bits per heavy atom. The first-order valence-electron chi connectivity index (χ1n) is 8.71. The first-order chi connectivity index (χ1) is 9.28. The lowest BCUT2D eigenvalue weighted by Crippen LogP contribution is -2.56. The fourth-order valence-electron chi connectivity index (χ4n) is 4.30. The molecule has 2 heteroatoms. The Labute approximate surface area is 120 Å². The van der Waals surface area contributed by atoms with E-state index in [0.29, 0.717) is 5.54 Å². The molecule has 0 bridgehead atoms. The van der Waals surface area contributed by atoms with Crippen LogP contribution in [0.5, 0.6) is 0 Å². The molecule has 0 aromatic carbocycles. The second-order valence-corrected chi connectivity index (χ2v) is 6.95. The fraction of sp³-hybridized carbons (Fsp3) is 1.00. The molecule has 0 radical (unpaired) electrons. The third-order valence-corrected chi connectivity index (χ3v) is 5.78. The van der Waals surface area contributed by atoms with Crippen LogP contribution in [0.15, 0.2) is 0 Å². The molecule has 0 atom stereocenters. The maximum atomic E-state index is 6.26. The normalized spacial score (nSPS) is 26.7. The molecule has 0 aromatic rings. The minimum atomic E-state index is 0.315. The highest BCUT2D eigenvalue weighted by atomic mass is 15.2. The molecule has 0 aromatic heterocycles. The first kappa shape index (κ1) is 15.3. The standard InChI is InChI=1S/C17H34N2/c1-19(16-11-7-3-4-8-12-16)17(15-18)13-9-5-2-6-10-14-17/h16H,2-15,18H2,1H3. The molecule has 2 aliphatic carbocycles. The monoisotopic (exact) mass is 266 g/mol. The second kappa shape index (κ2) is 7.64. The number of hydrogen-bond donors (Lipinski definition) is 1. The van der Waals surface area contributed by atoms with Crippen LogP contribution in [0.4, 0.5) is 0 Å². The van der Waals surface area contributed by atoms with Crippen molar-refractivity contribution in [3.8, 4) is 0 Å². The molecular formula is C17H34N2. The largest absolute Gasteiger partial charge is 0.329 e. The highest BCUT2D eigenvalue weighted by Gasteiger charge is 2.36. The fourth-order valence-corrected chi connectivity index (χ4v) is 4.30. The third-order valence-electron chi connectivity index (χ3n) is 5.78. The molecule has 2 aliphatic rings. The van der Waals surface area contributed by atoms with Gasteiger partial charge in [-0.15, -0.1) is 0 Å². The van der Waals surface area contributed by atoms with Gasteiger partial charge in [-0.3, -0.25) is 4.90 Å². The van der Waals surface area contributed by atoms with Crippen LogP contribution >= 0.6 is 0 Å². The Morgan fingerprint density at radius 1 is 0.842 bits per heavy atom. The molecule has 2 saturated carbocycles. The Bertz CT molecular complexity index is 236. The number of hydrogen-bond acceptors (Lipinski definition) is 2. The van der Waals surface area contributed by atoms with Gasteiger partial charge in [0, 0.05) is 18.1 Å². The topological polar surface area (TPSA) is 29.3 Å². The van der Waals surface area contributed by atoms with Gasteiger partial charge in [0.15, 0.2) is 0 Å². The summed E-state index contributed by atoms with van der Waals surface area (Å²) in [5.41, 5.74) is 6.58. The molecule has 0 heterocycles. The molecule has 2 N–H and O–H groups in total. The van der Waals surface area contributed by atoms with Gasteiger partial charge in [-0.25, -0.2) is 0 Å². The predicted octanol–water partition coefficient (Wildman–Crippen LogP) is 4.08. The summed E-state index contributed by atoms with van der Waals surface area (Å²) in [4.78, 5) is 2.73. The number of nitrogens with two attached hydrogens (primary N) is 1. The van der Waals surface area contributed by atoms with E-state index in [0.717, 1.165) is 12.6 Å². The first-order valence-corrected chi connectivity index (χ1v) is 8.71. The Hall–Kier alpha value is -0.0800. The zero-order valence-corrected chi connectivity index (χ0v) is 13.0.